The van der Waals surface area contributed by atoms with Crippen LogP contribution in [0.5, 0.6) is 0 Å². The summed E-state index contributed by atoms with van der Waals surface area (Å²) in [5, 5.41) is 13.2. The monoisotopic (exact) mass is 225 g/mol. The molecule has 0 saturated carbocycles. The third-order valence-corrected chi connectivity index (χ3v) is 2.71. The van der Waals surface area contributed by atoms with Gasteiger partial charge < -0.3 is 10.0 Å². The van der Waals surface area contributed by atoms with E-state index in [1.54, 1.807) is 18.7 Å². The maximum absolute atomic E-state index is 11.8. The molecule has 0 aliphatic heterocycles. The van der Waals surface area contributed by atoms with Crippen molar-refractivity contribution >= 4 is 5.91 Å². The highest BCUT2D eigenvalue weighted by Crippen LogP contribution is 2.03. The van der Waals surface area contributed by atoms with Gasteiger partial charge in [-0.3, -0.25) is 9.48 Å². The summed E-state index contributed by atoms with van der Waals surface area (Å²) in [4.78, 5) is 13.4. The molecule has 1 atom stereocenters. The predicted molar refractivity (Wildman–Crippen MR) is 61.0 cm³/mol. The molecular formula is C11H19N3O2. The maximum atomic E-state index is 11.8. The molecule has 16 heavy (non-hydrogen) atoms. The van der Waals surface area contributed by atoms with Crippen LogP contribution in [0.2, 0.25) is 0 Å². The van der Waals surface area contributed by atoms with E-state index in [9.17, 15) is 4.79 Å². The van der Waals surface area contributed by atoms with Crippen LogP contribution in [-0.4, -0.2) is 45.4 Å². The normalized spacial score (nSPS) is 12.6. The molecule has 0 bridgehead atoms. The van der Waals surface area contributed by atoms with Gasteiger partial charge in [0.2, 0.25) is 5.91 Å². The fraction of sp³-hybridized carbons (Fsp3) is 0.636. The lowest BCUT2D eigenvalue weighted by Gasteiger charge is -2.23. The highest BCUT2D eigenvalue weighted by Gasteiger charge is 2.16. The van der Waals surface area contributed by atoms with Crippen LogP contribution in [0, 0.1) is 13.8 Å². The molecule has 5 heteroatoms. The number of likely N-dealkylation sites (N-methyl/N-ethyl adjacent to an activating group) is 1. The Hall–Kier alpha value is -1.36. The molecule has 0 aromatic carbocycles. The summed E-state index contributed by atoms with van der Waals surface area (Å²) in [6.07, 6.45) is 0. The van der Waals surface area contributed by atoms with E-state index in [0.717, 1.165) is 11.4 Å². The van der Waals surface area contributed by atoms with Crippen LogP contribution in [-0.2, 0) is 11.3 Å². The summed E-state index contributed by atoms with van der Waals surface area (Å²) >= 11 is 0. The van der Waals surface area contributed by atoms with E-state index in [0.29, 0.717) is 0 Å². The first-order chi connectivity index (χ1) is 7.45. The topological polar surface area (TPSA) is 58.4 Å². The molecule has 1 aromatic heterocycles. The Labute approximate surface area is 95.7 Å². The first-order valence-electron chi connectivity index (χ1n) is 5.33. The third kappa shape index (κ3) is 2.82. The molecule has 5 nitrogen and oxygen atoms in total. The molecule has 1 unspecified atom stereocenters. The van der Waals surface area contributed by atoms with E-state index in [-0.39, 0.29) is 25.1 Å². The summed E-state index contributed by atoms with van der Waals surface area (Å²) in [6, 6.07) is 1.77. The summed E-state index contributed by atoms with van der Waals surface area (Å²) in [7, 11) is 1.69. The second-order valence-corrected chi connectivity index (χ2v) is 4.12. The van der Waals surface area contributed by atoms with Crippen LogP contribution in [0.1, 0.15) is 18.3 Å². The zero-order chi connectivity index (χ0) is 12.3. The molecule has 0 saturated heterocycles. The maximum Gasteiger partial charge on any atom is 0.244 e. The molecular weight excluding hydrogens is 206 g/mol. The highest BCUT2D eigenvalue weighted by atomic mass is 16.3. The van der Waals surface area contributed by atoms with Gasteiger partial charge >= 0.3 is 0 Å². The van der Waals surface area contributed by atoms with Crippen molar-refractivity contribution in [2.45, 2.75) is 33.4 Å². The number of aryl methyl sites for hydroxylation is 2. The lowest BCUT2D eigenvalue weighted by atomic mass is 10.3. The average molecular weight is 225 g/mol. The molecule has 0 spiro atoms. The minimum absolute atomic E-state index is 0.0284. The van der Waals surface area contributed by atoms with Crippen molar-refractivity contribution in [1.29, 1.82) is 0 Å². The third-order valence-electron chi connectivity index (χ3n) is 2.71. The van der Waals surface area contributed by atoms with Crippen molar-refractivity contribution in [3.8, 4) is 0 Å². The van der Waals surface area contributed by atoms with Crippen LogP contribution >= 0.6 is 0 Å². The van der Waals surface area contributed by atoms with Crippen molar-refractivity contribution < 1.29 is 9.90 Å². The summed E-state index contributed by atoms with van der Waals surface area (Å²) in [5.74, 6) is -0.0484. The van der Waals surface area contributed by atoms with Crippen molar-refractivity contribution in [2.24, 2.45) is 0 Å². The summed E-state index contributed by atoms with van der Waals surface area (Å²) in [6.45, 7) is 5.82. The Morgan fingerprint density at radius 1 is 1.62 bits per heavy atom. The van der Waals surface area contributed by atoms with Crippen molar-refractivity contribution in [2.75, 3.05) is 13.7 Å². The summed E-state index contributed by atoms with van der Waals surface area (Å²) < 4.78 is 1.68. The zero-order valence-corrected chi connectivity index (χ0v) is 10.3. The van der Waals surface area contributed by atoms with Crippen LogP contribution in [0.15, 0.2) is 6.07 Å². The lowest BCUT2D eigenvalue weighted by molar-refractivity contribution is -0.133. The second-order valence-electron chi connectivity index (χ2n) is 4.12. The number of aliphatic hydroxyl groups excluding tert-OH is 1. The van der Waals surface area contributed by atoms with Gasteiger partial charge in [-0.2, -0.15) is 5.10 Å². The number of carbonyl (C=O) groups is 1. The SMILES string of the molecule is Cc1cc(C)n(CC(=O)N(C)C(C)CO)n1. The van der Waals surface area contributed by atoms with Crippen LogP contribution in [0.25, 0.3) is 0 Å². The number of aliphatic hydroxyl groups is 1. The Kier molecular flexibility index (Phi) is 4.06. The first kappa shape index (κ1) is 12.7. The van der Waals surface area contributed by atoms with Gasteiger partial charge in [-0.25, -0.2) is 0 Å². The number of carbonyl (C=O) groups excluding carboxylic acids is 1. The molecule has 1 rings (SSSR count). The van der Waals surface area contributed by atoms with Crippen LogP contribution in [0.3, 0.4) is 0 Å². The fourth-order valence-electron chi connectivity index (χ4n) is 1.44. The van der Waals surface area contributed by atoms with E-state index in [1.807, 2.05) is 19.9 Å². The quantitative estimate of drug-likeness (QED) is 0.804. The van der Waals surface area contributed by atoms with Crippen molar-refractivity contribution in [3.05, 3.63) is 17.5 Å². The number of aromatic nitrogens is 2. The predicted octanol–water partition coefficient (Wildman–Crippen LogP) is 0.339. The number of hydrogen-bond acceptors (Lipinski definition) is 3. The highest BCUT2D eigenvalue weighted by molar-refractivity contribution is 5.76. The van der Waals surface area contributed by atoms with E-state index in [1.165, 1.54) is 4.90 Å². The van der Waals surface area contributed by atoms with Gasteiger partial charge in [0.25, 0.3) is 0 Å². The molecule has 1 heterocycles. The second kappa shape index (κ2) is 5.12. The standard InChI is InChI=1S/C11H19N3O2/c1-8-5-9(2)14(12-8)6-11(16)13(4)10(3)7-15/h5,10,15H,6-7H2,1-4H3. The van der Waals surface area contributed by atoms with Gasteiger partial charge in [-0.15, -0.1) is 0 Å². The lowest BCUT2D eigenvalue weighted by Crippen LogP contribution is -2.39. The van der Waals surface area contributed by atoms with Crippen LogP contribution < -0.4 is 0 Å². The van der Waals surface area contributed by atoms with Crippen molar-refractivity contribution in [1.82, 2.24) is 14.7 Å². The van der Waals surface area contributed by atoms with E-state index >= 15 is 0 Å². The molecule has 1 N–H and O–H groups in total. The van der Waals surface area contributed by atoms with Gasteiger partial charge in [0.05, 0.1) is 18.3 Å². The molecule has 0 radical (unpaired) electrons. The molecule has 1 amide bonds. The largest absolute Gasteiger partial charge is 0.394 e. The van der Waals surface area contributed by atoms with Gasteiger partial charge in [-0.05, 0) is 26.8 Å². The zero-order valence-electron chi connectivity index (χ0n) is 10.3. The Bertz CT molecular complexity index is 373. The van der Waals surface area contributed by atoms with Gasteiger partial charge in [0, 0.05) is 12.7 Å². The van der Waals surface area contributed by atoms with Crippen LogP contribution in [0.4, 0.5) is 0 Å². The summed E-state index contributed by atoms with van der Waals surface area (Å²) in [5.41, 5.74) is 1.87. The number of nitrogens with zero attached hydrogens (tertiary/aromatic N) is 3. The van der Waals surface area contributed by atoms with Gasteiger partial charge in [-0.1, -0.05) is 0 Å². The average Bonchev–Trinajstić information content (AvgIpc) is 2.55. The minimum atomic E-state index is -0.163. The molecule has 90 valence electrons. The van der Waals surface area contributed by atoms with Gasteiger partial charge in [0.1, 0.15) is 6.54 Å². The molecule has 0 aliphatic rings. The van der Waals surface area contributed by atoms with E-state index in [4.69, 9.17) is 5.11 Å². The molecule has 0 fully saturated rings. The Morgan fingerprint density at radius 3 is 2.69 bits per heavy atom. The minimum Gasteiger partial charge on any atom is -0.394 e. The molecule has 1 aromatic rings. The first-order valence-corrected chi connectivity index (χ1v) is 5.33. The van der Waals surface area contributed by atoms with E-state index in [2.05, 4.69) is 5.10 Å². The Morgan fingerprint density at radius 2 is 2.25 bits per heavy atom. The Balaban J connectivity index is 2.67. The number of rotatable bonds is 4. The van der Waals surface area contributed by atoms with Gasteiger partial charge in [0.15, 0.2) is 0 Å². The number of hydrogen-bond donors (Lipinski definition) is 1. The fourth-order valence-corrected chi connectivity index (χ4v) is 1.44. The van der Waals surface area contributed by atoms with Crippen molar-refractivity contribution in [3.63, 3.8) is 0 Å². The molecule has 0 aliphatic carbocycles. The smallest absolute Gasteiger partial charge is 0.244 e. The number of amides is 1. The van der Waals surface area contributed by atoms with E-state index < -0.39 is 0 Å².